The van der Waals surface area contributed by atoms with Crippen LogP contribution in [0.15, 0.2) is 161 Å². The molecule has 0 spiro atoms. The minimum atomic E-state index is -4.09. The quantitative estimate of drug-likeness (QED) is 0.0116. The van der Waals surface area contributed by atoms with E-state index in [1.54, 1.807) is 76.9 Å². The van der Waals surface area contributed by atoms with Gasteiger partial charge in [-0.15, -0.1) is 0 Å². The smallest absolute Gasteiger partial charge is 0.311 e. The molecule has 14 nitrogen and oxygen atoms in total. The molecule has 7 aromatic rings. The van der Waals surface area contributed by atoms with Crippen LogP contribution in [0.4, 0.5) is 22.0 Å². The van der Waals surface area contributed by atoms with Gasteiger partial charge in [-0.2, -0.15) is 8.42 Å². The summed E-state index contributed by atoms with van der Waals surface area (Å²) in [6, 6.07) is 41.4. The zero-order valence-corrected chi connectivity index (χ0v) is 62.5. The van der Waals surface area contributed by atoms with Gasteiger partial charge in [-0.25, -0.2) is 22.0 Å². The molecule has 2 aliphatic rings. The number of likely N-dealkylation sites (tertiary alicyclic amines) is 2. The van der Waals surface area contributed by atoms with Crippen molar-refractivity contribution in [3.05, 3.63) is 205 Å². The van der Waals surface area contributed by atoms with Crippen molar-refractivity contribution in [1.29, 1.82) is 0 Å². The van der Waals surface area contributed by atoms with Gasteiger partial charge in [-0.05, 0) is 196 Å². The highest BCUT2D eigenvalue weighted by atomic mass is 79.9. The van der Waals surface area contributed by atoms with Crippen LogP contribution < -0.4 is 5.73 Å². The number of esters is 3. The fraction of sp³-hybridized carbons (Fsp3) is 0.408. The Bertz CT molecular complexity index is 3930. The summed E-state index contributed by atoms with van der Waals surface area (Å²) in [6.45, 7) is 10.1. The van der Waals surface area contributed by atoms with E-state index in [4.69, 9.17) is 58.9 Å². The van der Waals surface area contributed by atoms with Crippen LogP contribution in [0.1, 0.15) is 56.7 Å². The van der Waals surface area contributed by atoms with Gasteiger partial charge in [-0.1, -0.05) is 137 Å². The first-order valence-corrected chi connectivity index (χ1v) is 37.5. The molecule has 0 radical (unpaired) electrons. The summed E-state index contributed by atoms with van der Waals surface area (Å²) in [5, 5.41) is 21.6. The van der Waals surface area contributed by atoms with Gasteiger partial charge in [0.25, 0.3) is 23.9 Å². The van der Waals surface area contributed by atoms with Crippen molar-refractivity contribution in [3.8, 4) is 33.4 Å². The predicted octanol–water partition coefficient (Wildman–Crippen LogP) is 16.0. The standard InChI is InChI=1S/C28H30BBrClFO6S.C25H31BClF2NO3.C23H27ClF2N2O2/c1-3-37-28(33)22(18-38-39(35,36)25-11-8-23(30)9-12-25)15-20(17-29(2)34)14-19-4-6-21(7-5-19)26-16-24(31)10-13-27(26)32;1-3-33-25(31)20(14-30-15-22(28)16-30)11-18(13-26(2)32)10-17-4-6-19(7-5-17)23-12-21(27)8-9-24(23)29;1-2-30-23(29)17(12-28-13-19(25)14-28)10-20(27)9-15-3-5-16(6-4-15)21-11-18(24)7-8-22(21)26/h4-13,16,20,22,34H,3,14-15,17-18H2,1-2H3;4-9,12,18,20,22,32H,3,10-11,13-16H2,1-2H3;3-8,11,17,19-20H,2,9-10,12-14,27H2,1H3/t20-,22+;18-,20+;17-,20+/m110/s1. The molecule has 0 aromatic heterocycles. The number of halogens is 9. The van der Waals surface area contributed by atoms with Gasteiger partial charge < -0.3 is 30.0 Å². The Kier molecular flexibility index (Phi) is 33.3. The lowest BCUT2D eigenvalue weighted by atomic mass is 9.62. The Labute approximate surface area is 620 Å². The van der Waals surface area contributed by atoms with Gasteiger partial charge in [0.1, 0.15) is 29.8 Å². The first-order chi connectivity index (χ1) is 48.6. The number of nitrogens with zero attached hydrogens (tertiary/aromatic N) is 2. The van der Waals surface area contributed by atoms with Crippen LogP contribution in [0.25, 0.3) is 33.4 Å². The minimum Gasteiger partial charge on any atom is -0.466 e. The molecule has 4 N–H and O–H groups in total. The van der Waals surface area contributed by atoms with E-state index < -0.39 is 48.2 Å². The molecule has 2 heterocycles. The molecule has 26 heteroatoms. The van der Waals surface area contributed by atoms with E-state index in [0.717, 1.165) is 32.3 Å². The Balaban J connectivity index is 0.000000216. The fourth-order valence-corrected chi connectivity index (χ4v) is 14.3. The molecule has 102 heavy (non-hydrogen) atoms. The first-order valence-electron chi connectivity index (χ1n) is 34.2. The number of ether oxygens (including phenoxy) is 3. The number of hydrogen-bond donors (Lipinski definition) is 3. The Morgan fingerprint density at radius 1 is 0.529 bits per heavy atom. The topological polar surface area (TPSA) is 195 Å². The highest BCUT2D eigenvalue weighted by Crippen LogP contribution is 2.34. The van der Waals surface area contributed by atoms with Crippen LogP contribution in [-0.2, 0) is 62.2 Å². The molecule has 6 atom stereocenters. The highest BCUT2D eigenvalue weighted by molar-refractivity contribution is 9.10. The van der Waals surface area contributed by atoms with Gasteiger partial charge in [0.05, 0.1) is 49.1 Å². The van der Waals surface area contributed by atoms with Crippen LogP contribution in [-0.4, -0.2) is 144 Å². The zero-order valence-electron chi connectivity index (χ0n) is 57.8. The summed E-state index contributed by atoms with van der Waals surface area (Å²) in [7, 11) is -4.09. The molecule has 0 saturated carbocycles. The monoisotopic (exact) mass is 1550 g/mol. The summed E-state index contributed by atoms with van der Waals surface area (Å²) in [4.78, 5) is 41.5. The molecule has 7 aromatic carbocycles. The second-order valence-electron chi connectivity index (χ2n) is 26.1. The van der Waals surface area contributed by atoms with Crippen molar-refractivity contribution in [3.63, 3.8) is 0 Å². The second kappa shape index (κ2) is 40.9. The van der Waals surface area contributed by atoms with Gasteiger partial charge >= 0.3 is 17.9 Å². The number of benzene rings is 7. The molecular weight excluding hydrogens is 1470 g/mol. The van der Waals surface area contributed by atoms with Crippen LogP contribution in [0.3, 0.4) is 0 Å². The average molecular weight is 1550 g/mol. The Hall–Kier alpha value is -6.21. The second-order valence-corrected chi connectivity index (χ2v) is 30.0. The normalized spacial score (nSPS) is 15.1. The van der Waals surface area contributed by atoms with Crippen molar-refractivity contribution in [2.24, 2.45) is 35.3 Å². The Morgan fingerprint density at radius 2 is 0.863 bits per heavy atom. The van der Waals surface area contributed by atoms with Crippen molar-refractivity contribution in [2.75, 3.05) is 65.7 Å². The predicted molar refractivity (Wildman–Crippen MR) is 398 cm³/mol. The van der Waals surface area contributed by atoms with Gasteiger partial charge in [0, 0.05) is 81.5 Å². The number of carbonyl (C=O) groups is 3. The lowest BCUT2D eigenvalue weighted by Gasteiger charge is -2.37. The van der Waals surface area contributed by atoms with E-state index in [9.17, 15) is 54.8 Å². The van der Waals surface area contributed by atoms with Crippen LogP contribution >= 0.6 is 50.7 Å². The lowest BCUT2D eigenvalue weighted by molar-refractivity contribution is -0.151. The number of rotatable bonds is 33. The maximum atomic E-state index is 14.3. The molecule has 2 saturated heterocycles. The summed E-state index contributed by atoms with van der Waals surface area (Å²) in [5.74, 6) is -3.94. The third kappa shape index (κ3) is 26.7. The van der Waals surface area contributed by atoms with Crippen LogP contribution in [0.5, 0.6) is 0 Å². The third-order valence-electron chi connectivity index (χ3n) is 17.5. The third-order valence-corrected chi connectivity index (χ3v) is 20.0. The number of alkyl halides is 2. The first kappa shape index (κ1) is 83.1. The van der Waals surface area contributed by atoms with Crippen molar-refractivity contribution in [1.82, 2.24) is 9.80 Å². The minimum absolute atomic E-state index is 0.0231. The van der Waals surface area contributed by atoms with Crippen LogP contribution in [0, 0.1) is 47.0 Å². The summed E-state index contributed by atoms with van der Waals surface area (Å²) in [6.07, 6.45) is 2.23. The number of nitrogens with two attached hydrogens (primary N) is 1. The van der Waals surface area contributed by atoms with E-state index in [-0.39, 0.29) is 83.6 Å². The SMILES string of the molecule is CCOC(=O)[C@@H](C[C@H](CB(C)O)Cc1ccc(-c2cc(Cl)ccc2F)cc1)CN1CC(F)C1.CCOC(=O)[C@@H](C[C@H](N)Cc1ccc(-c2cc(Cl)ccc2F)cc1)CN1CC(F)C1.CCOC(=O)[C@H](COS(=O)(=O)c1ccc(Br)cc1)C[C@H](CB(C)O)Cc1ccc(-c2cc(Cl)ccc2F)cc1. The van der Waals surface area contributed by atoms with Crippen molar-refractivity contribution >= 4 is 92.6 Å². The van der Waals surface area contributed by atoms with E-state index in [2.05, 4.69) is 15.9 Å². The maximum absolute atomic E-state index is 14.3. The molecule has 0 aliphatic carbocycles. The number of carbonyl (C=O) groups excluding carboxylic acids is 3. The van der Waals surface area contributed by atoms with Crippen molar-refractivity contribution < 1.29 is 73.2 Å². The van der Waals surface area contributed by atoms with E-state index >= 15 is 0 Å². The summed E-state index contributed by atoms with van der Waals surface area (Å²) < 4.78 is 116. The van der Waals surface area contributed by atoms with Crippen LogP contribution in [0.2, 0.25) is 41.4 Å². The Morgan fingerprint density at radius 3 is 1.21 bits per heavy atom. The van der Waals surface area contributed by atoms with E-state index in [1.165, 1.54) is 48.5 Å². The molecule has 0 unspecified atom stereocenters. The average Bonchev–Trinajstić information content (AvgIpc) is 0.857. The van der Waals surface area contributed by atoms with E-state index in [1.807, 2.05) is 70.5 Å². The molecule has 0 amide bonds. The van der Waals surface area contributed by atoms with Gasteiger partial charge in [-0.3, -0.25) is 28.4 Å². The molecule has 2 aliphatic heterocycles. The number of hydrogen-bond acceptors (Lipinski definition) is 14. The summed E-state index contributed by atoms with van der Waals surface area (Å²) in [5.41, 5.74) is 12.7. The van der Waals surface area contributed by atoms with E-state index in [0.29, 0.717) is 135 Å². The van der Waals surface area contributed by atoms with Gasteiger partial charge in [0.15, 0.2) is 0 Å². The van der Waals surface area contributed by atoms with Crippen molar-refractivity contribution in [2.45, 2.75) is 109 Å². The molecule has 2 fully saturated rings. The molecule has 548 valence electrons. The highest BCUT2D eigenvalue weighted by Gasteiger charge is 2.35. The lowest BCUT2D eigenvalue weighted by Crippen LogP contribution is -2.51. The largest absolute Gasteiger partial charge is 0.466 e. The molecule has 0 bridgehead atoms. The van der Waals surface area contributed by atoms with Gasteiger partial charge in [0.2, 0.25) is 0 Å². The molecular formula is C76H88B2BrCl3F5N3O11S. The fourth-order valence-electron chi connectivity index (χ4n) is 12.6. The maximum Gasteiger partial charge on any atom is 0.311 e. The zero-order chi connectivity index (χ0) is 74.2. The molecule has 9 rings (SSSR count). The summed E-state index contributed by atoms with van der Waals surface area (Å²) >= 11 is 21.3.